The highest BCUT2D eigenvalue weighted by Gasteiger charge is 2.26. The van der Waals surface area contributed by atoms with E-state index >= 15 is 0 Å². The molecule has 0 unspecified atom stereocenters. The third kappa shape index (κ3) is 3.23. The number of rotatable bonds is 3. The van der Waals surface area contributed by atoms with E-state index in [1.54, 1.807) is 11.3 Å². The minimum Gasteiger partial charge on any atom is -0.336 e. The predicted octanol–water partition coefficient (Wildman–Crippen LogP) is 2.98. The summed E-state index contributed by atoms with van der Waals surface area (Å²) in [5, 5.41) is 2.10. The molecule has 1 aliphatic heterocycles. The number of carbonyl (C=O) groups excluding carboxylic acids is 1. The zero-order valence-electron chi connectivity index (χ0n) is 13.9. The van der Waals surface area contributed by atoms with E-state index in [2.05, 4.69) is 21.3 Å². The maximum Gasteiger partial charge on any atom is 0.255 e. The molecule has 1 fully saturated rings. The van der Waals surface area contributed by atoms with E-state index in [4.69, 9.17) is 0 Å². The number of nitrogens with zero attached hydrogens (tertiary/aromatic N) is 3. The van der Waals surface area contributed by atoms with Crippen LogP contribution in [-0.2, 0) is 19.4 Å². The molecule has 0 atom stereocenters. The molecule has 0 spiro atoms. The molecule has 0 bridgehead atoms. The first-order valence-electron chi connectivity index (χ1n) is 8.81. The van der Waals surface area contributed by atoms with Crippen molar-refractivity contribution < 1.29 is 4.79 Å². The van der Waals surface area contributed by atoms with E-state index in [-0.39, 0.29) is 5.91 Å². The third-order valence-electron chi connectivity index (χ3n) is 5.08. The van der Waals surface area contributed by atoms with Crippen LogP contribution < -0.4 is 0 Å². The molecular weight excluding hydrogens is 318 g/mol. The molecule has 2 aromatic rings. The van der Waals surface area contributed by atoms with Gasteiger partial charge in [-0.05, 0) is 42.9 Å². The molecule has 126 valence electrons. The average molecular weight is 341 g/mol. The van der Waals surface area contributed by atoms with E-state index in [0.29, 0.717) is 0 Å². The first kappa shape index (κ1) is 15.8. The summed E-state index contributed by atoms with van der Waals surface area (Å²) in [7, 11) is 0. The Morgan fingerprint density at radius 2 is 2.00 bits per heavy atom. The molecule has 4 nitrogen and oxygen atoms in total. The maximum atomic E-state index is 12.9. The number of aromatic nitrogens is 1. The van der Waals surface area contributed by atoms with E-state index < -0.39 is 0 Å². The van der Waals surface area contributed by atoms with Crippen molar-refractivity contribution in [2.45, 2.75) is 32.2 Å². The van der Waals surface area contributed by atoms with Gasteiger partial charge >= 0.3 is 0 Å². The molecule has 2 aliphatic rings. The van der Waals surface area contributed by atoms with Crippen LogP contribution in [0.2, 0.25) is 0 Å². The van der Waals surface area contributed by atoms with Crippen molar-refractivity contribution in [1.82, 2.24) is 14.8 Å². The van der Waals surface area contributed by atoms with Crippen LogP contribution in [0.3, 0.4) is 0 Å². The fraction of sp³-hybridized carbons (Fsp3) is 0.474. The van der Waals surface area contributed by atoms with Crippen molar-refractivity contribution in [2.75, 3.05) is 26.2 Å². The Balaban J connectivity index is 1.37. The molecule has 3 heterocycles. The second-order valence-electron chi connectivity index (χ2n) is 6.69. The monoisotopic (exact) mass is 341 g/mol. The average Bonchev–Trinajstić information content (AvgIpc) is 3.07. The van der Waals surface area contributed by atoms with Gasteiger partial charge in [-0.15, -0.1) is 11.3 Å². The minimum absolute atomic E-state index is 0.246. The Morgan fingerprint density at radius 1 is 1.17 bits per heavy atom. The number of aryl methyl sites for hydroxylation is 1. The SMILES string of the molecule is O=C(c1csc2c1CCCC2)N1CCN(Cc2cccnc2)CC1. The Morgan fingerprint density at radius 3 is 2.79 bits per heavy atom. The van der Waals surface area contributed by atoms with Crippen LogP contribution in [0.4, 0.5) is 0 Å². The van der Waals surface area contributed by atoms with Gasteiger partial charge in [0.25, 0.3) is 5.91 Å². The quantitative estimate of drug-likeness (QED) is 0.861. The van der Waals surface area contributed by atoms with Gasteiger partial charge in [0.15, 0.2) is 0 Å². The lowest BCUT2D eigenvalue weighted by molar-refractivity contribution is 0.0627. The summed E-state index contributed by atoms with van der Waals surface area (Å²) in [4.78, 5) is 23.0. The lowest BCUT2D eigenvalue weighted by Gasteiger charge is -2.35. The first-order valence-corrected chi connectivity index (χ1v) is 9.69. The topological polar surface area (TPSA) is 36.4 Å². The minimum atomic E-state index is 0.246. The lowest BCUT2D eigenvalue weighted by atomic mass is 9.95. The number of thiophene rings is 1. The highest BCUT2D eigenvalue weighted by Crippen LogP contribution is 2.31. The van der Waals surface area contributed by atoms with Crippen LogP contribution in [0.15, 0.2) is 29.9 Å². The van der Waals surface area contributed by atoms with Gasteiger partial charge in [0.05, 0.1) is 5.56 Å². The lowest BCUT2D eigenvalue weighted by Crippen LogP contribution is -2.48. The molecule has 0 radical (unpaired) electrons. The Hall–Kier alpha value is -1.72. The van der Waals surface area contributed by atoms with Crippen LogP contribution in [0.5, 0.6) is 0 Å². The molecule has 0 saturated carbocycles. The summed E-state index contributed by atoms with van der Waals surface area (Å²) >= 11 is 1.78. The normalized spacial score (nSPS) is 18.4. The number of hydrogen-bond donors (Lipinski definition) is 0. The van der Waals surface area contributed by atoms with Gasteiger partial charge in [-0.25, -0.2) is 0 Å². The highest BCUT2D eigenvalue weighted by molar-refractivity contribution is 7.10. The number of pyridine rings is 1. The summed E-state index contributed by atoms with van der Waals surface area (Å²) in [5.74, 6) is 0.246. The zero-order chi connectivity index (χ0) is 16.4. The molecule has 5 heteroatoms. The van der Waals surface area contributed by atoms with Crippen LogP contribution in [0.1, 0.15) is 39.2 Å². The smallest absolute Gasteiger partial charge is 0.255 e. The predicted molar refractivity (Wildman–Crippen MR) is 96.4 cm³/mol. The summed E-state index contributed by atoms with van der Waals surface area (Å²) in [5.41, 5.74) is 3.56. The second-order valence-corrected chi connectivity index (χ2v) is 7.65. The van der Waals surface area contributed by atoms with Crippen molar-refractivity contribution in [2.24, 2.45) is 0 Å². The standard InChI is InChI=1S/C19H23N3OS/c23-19(17-14-24-18-6-2-1-5-16(17)18)22-10-8-21(9-11-22)13-15-4-3-7-20-12-15/h3-4,7,12,14H,1-2,5-6,8-11,13H2. The van der Waals surface area contributed by atoms with Crippen molar-refractivity contribution >= 4 is 17.2 Å². The van der Waals surface area contributed by atoms with Gasteiger partial charge in [0, 0.05) is 55.4 Å². The molecule has 4 rings (SSSR count). The molecule has 0 N–H and O–H groups in total. The summed E-state index contributed by atoms with van der Waals surface area (Å²) < 4.78 is 0. The molecule has 2 aromatic heterocycles. The number of hydrogen-bond acceptors (Lipinski definition) is 4. The van der Waals surface area contributed by atoms with Crippen molar-refractivity contribution in [3.8, 4) is 0 Å². The van der Waals surface area contributed by atoms with Gasteiger partial charge in [-0.1, -0.05) is 6.07 Å². The maximum absolute atomic E-state index is 12.9. The van der Waals surface area contributed by atoms with E-state index in [1.807, 2.05) is 23.4 Å². The highest BCUT2D eigenvalue weighted by atomic mass is 32.1. The largest absolute Gasteiger partial charge is 0.336 e. The summed E-state index contributed by atoms with van der Waals surface area (Å²) in [6, 6.07) is 4.09. The van der Waals surface area contributed by atoms with Crippen LogP contribution in [0.25, 0.3) is 0 Å². The van der Waals surface area contributed by atoms with Gasteiger partial charge in [-0.3, -0.25) is 14.7 Å². The van der Waals surface area contributed by atoms with Crippen LogP contribution in [-0.4, -0.2) is 46.9 Å². The second kappa shape index (κ2) is 7.03. The molecule has 1 aliphatic carbocycles. The van der Waals surface area contributed by atoms with E-state index in [1.165, 1.54) is 28.8 Å². The van der Waals surface area contributed by atoms with Gasteiger partial charge < -0.3 is 4.90 Å². The van der Waals surface area contributed by atoms with E-state index in [0.717, 1.165) is 51.1 Å². The van der Waals surface area contributed by atoms with Crippen molar-refractivity contribution in [3.63, 3.8) is 0 Å². The summed E-state index contributed by atoms with van der Waals surface area (Å²) in [6.45, 7) is 4.44. The molecule has 1 saturated heterocycles. The molecule has 0 aromatic carbocycles. The number of carbonyl (C=O) groups is 1. The van der Waals surface area contributed by atoms with Crippen molar-refractivity contribution in [3.05, 3.63) is 51.5 Å². The van der Waals surface area contributed by atoms with E-state index in [9.17, 15) is 4.79 Å². The fourth-order valence-corrected chi connectivity index (χ4v) is 4.82. The van der Waals surface area contributed by atoms with Crippen molar-refractivity contribution in [1.29, 1.82) is 0 Å². The number of piperazine rings is 1. The first-order chi connectivity index (χ1) is 11.8. The third-order valence-corrected chi connectivity index (χ3v) is 6.17. The number of fused-ring (bicyclic) bond motifs is 1. The zero-order valence-corrected chi connectivity index (χ0v) is 14.7. The Labute approximate surface area is 147 Å². The Bertz CT molecular complexity index is 705. The summed E-state index contributed by atoms with van der Waals surface area (Å²) in [6.07, 6.45) is 8.47. The van der Waals surface area contributed by atoms with Gasteiger partial charge in [-0.2, -0.15) is 0 Å². The number of amides is 1. The van der Waals surface area contributed by atoms with Gasteiger partial charge in [0.2, 0.25) is 0 Å². The molecule has 1 amide bonds. The van der Waals surface area contributed by atoms with Crippen LogP contribution >= 0.6 is 11.3 Å². The van der Waals surface area contributed by atoms with Crippen LogP contribution in [0, 0.1) is 0 Å². The molecular formula is C19H23N3OS. The van der Waals surface area contributed by atoms with Gasteiger partial charge in [0.1, 0.15) is 0 Å². The Kier molecular flexibility index (Phi) is 4.63. The fourth-order valence-electron chi connectivity index (χ4n) is 3.70. The molecule has 24 heavy (non-hydrogen) atoms.